The van der Waals surface area contributed by atoms with Crippen molar-refractivity contribution < 1.29 is 4.92 Å². The fraction of sp³-hybridized carbons (Fsp3) is 0.222. The molecule has 0 aliphatic carbocycles. The van der Waals surface area contributed by atoms with Gasteiger partial charge in [-0.25, -0.2) is 4.98 Å². The van der Waals surface area contributed by atoms with Gasteiger partial charge in [-0.3, -0.25) is 14.8 Å². The van der Waals surface area contributed by atoms with Gasteiger partial charge in [0.15, 0.2) is 5.16 Å². The van der Waals surface area contributed by atoms with Gasteiger partial charge >= 0.3 is 0 Å². The van der Waals surface area contributed by atoms with Crippen molar-refractivity contribution in [2.75, 3.05) is 6.54 Å². The molecular formula is C9H8N4O2S. The first-order valence-corrected chi connectivity index (χ1v) is 5.62. The van der Waals surface area contributed by atoms with E-state index in [1.807, 2.05) is 4.57 Å². The molecule has 0 saturated carbocycles. The van der Waals surface area contributed by atoms with E-state index in [-0.39, 0.29) is 10.6 Å². The lowest BCUT2D eigenvalue weighted by Gasteiger charge is -2.13. The Balaban J connectivity index is 2.25. The van der Waals surface area contributed by atoms with E-state index >= 15 is 0 Å². The van der Waals surface area contributed by atoms with E-state index in [2.05, 4.69) is 9.71 Å². The fourth-order valence-corrected chi connectivity index (χ4v) is 2.54. The number of rotatable bonds is 1. The standard InChI is InChI=1S/C9H8N4O2S/c14-13(15)6-1-2-7-8(5-6)12-4-3-10-16-9(12)11-7/h1-2,5,10H,3-4H2. The third-order valence-corrected chi connectivity index (χ3v) is 3.35. The summed E-state index contributed by atoms with van der Waals surface area (Å²) in [6.45, 7) is 1.63. The van der Waals surface area contributed by atoms with Gasteiger partial charge in [-0.05, 0) is 18.0 Å². The Morgan fingerprint density at radius 1 is 1.56 bits per heavy atom. The number of nitrogens with one attached hydrogen (secondary N) is 1. The van der Waals surface area contributed by atoms with E-state index in [0.29, 0.717) is 0 Å². The first-order valence-electron chi connectivity index (χ1n) is 4.80. The molecule has 0 fully saturated rings. The van der Waals surface area contributed by atoms with Crippen LogP contribution in [0.5, 0.6) is 0 Å². The highest BCUT2D eigenvalue weighted by Crippen LogP contribution is 2.27. The second kappa shape index (κ2) is 3.46. The van der Waals surface area contributed by atoms with Gasteiger partial charge < -0.3 is 4.57 Å². The minimum Gasteiger partial charge on any atom is -0.316 e. The molecule has 0 radical (unpaired) electrons. The molecule has 2 aromatic rings. The Kier molecular flexibility index (Phi) is 2.08. The van der Waals surface area contributed by atoms with Crippen LogP contribution < -0.4 is 4.72 Å². The zero-order chi connectivity index (χ0) is 11.1. The summed E-state index contributed by atoms with van der Waals surface area (Å²) < 4.78 is 5.14. The summed E-state index contributed by atoms with van der Waals surface area (Å²) >= 11 is 1.46. The van der Waals surface area contributed by atoms with Crippen molar-refractivity contribution in [3.8, 4) is 0 Å². The molecule has 3 rings (SSSR count). The maximum Gasteiger partial charge on any atom is 0.271 e. The molecule has 2 heterocycles. The van der Waals surface area contributed by atoms with Crippen LogP contribution in [0.3, 0.4) is 0 Å². The van der Waals surface area contributed by atoms with Crippen molar-refractivity contribution in [2.24, 2.45) is 0 Å². The molecule has 1 aliphatic heterocycles. The van der Waals surface area contributed by atoms with Gasteiger partial charge in [0.05, 0.1) is 16.0 Å². The van der Waals surface area contributed by atoms with Gasteiger partial charge in [0.1, 0.15) is 0 Å². The van der Waals surface area contributed by atoms with Gasteiger partial charge in [-0.2, -0.15) is 0 Å². The molecule has 0 atom stereocenters. The Morgan fingerprint density at radius 3 is 3.25 bits per heavy atom. The molecule has 0 unspecified atom stereocenters. The summed E-state index contributed by atoms with van der Waals surface area (Å²) in [7, 11) is 0. The van der Waals surface area contributed by atoms with E-state index in [1.165, 1.54) is 18.0 Å². The number of imidazole rings is 1. The summed E-state index contributed by atoms with van der Waals surface area (Å²) in [6, 6.07) is 4.76. The monoisotopic (exact) mass is 236 g/mol. The lowest BCUT2D eigenvalue weighted by Crippen LogP contribution is -2.20. The van der Waals surface area contributed by atoms with Gasteiger partial charge in [0.2, 0.25) is 0 Å². The highest BCUT2D eigenvalue weighted by atomic mass is 32.2. The van der Waals surface area contributed by atoms with E-state index in [0.717, 1.165) is 29.3 Å². The number of nitrogens with zero attached hydrogens (tertiary/aromatic N) is 3. The predicted molar refractivity (Wildman–Crippen MR) is 60.2 cm³/mol. The molecule has 1 aliphatic rings. The van der Waals surface area contributed by atoms with Crippen molar-refractivity contribution in [1.29, 1.82) is 0 Å². The third-order valence-electron chi connectivity index (χ3n) is 2.51. The molecule has 0 spiro atoms. The Hall–Kier alpha value is -1.60. The minimum atomic E-state index is -0.381. The number of nitro benzene ring substituents is 1. The van der Waals surface area contributed by atoms with Crippen LogP contribution in [0.2, 0.25) is 0 Å². The van der Waals surface area contributed by atoms with Crippen molar-refractivity contribution in [3.63, 3.8) is 0 Å². The molecule has 0 amide bonds. The Morgan fingerprint density at radius 2 is 2.44 bits per heavy atom. The zero-order valence-corrected chi connectivity index (χ0v) is 9.03. The number of benzene rings is 1. The van der Waals surface area contributed by atoms with Crippen LogP contribution in [0.1, 0.15) is 0 Å². The lowest BCUT2D eigenvalue weighted by molar-refractivity contribution is -0.384. The normalized spacial score (nSPS) is 15.0. The average molecular weight is 236 g/mol. The van der Waals surface area contributed by atoms with E-state index in [9.17, 15) is 10.1 Å². The molecule has 0 saturated heterocycles. The maximum absolute atomic E-state index is 10.7. The van der Waals surface area contributed by atoms with Crippen molar-refractivity contribution in [3.05, 3.63) is 28.3 Å². The summed E-state index contributed by atoms with van der Waals surface area (Å²) in [5.74, 6) is 0. The number of nitro groups is 1. The second-order valence-corrected chi connectivity index (χ2v) is 4.33. The van der Waals surface area contributed by atoms with Gasteiger partial charge in [-0.15, -0.1) is 0 Å². The molecule has 1 aromatic carbocycles. The lowest BCUT2D eigenvalue weighted by atomic mass is 10.3. The van der Waals surface area contributed by atoms with Crippen LogP contribution in [0.25, 0.3) is 11.0 Å². The smallest absolute Gasteiger partial charge is 0.271 e. The highest BCUT2D eigenvalue weighted by molar-refractivity contribution is 7.97. The van der Waals surface area contributed by atoms with Crippen molar-refractivity contribution in [2.45, 2.75) is 11.7 Å². The highest BCUT2D eigenvalue weighted by Gasteiger charge is 2.17. The summed E-state index contributed by atoms with van der Waals surface area (Å²) in [5, 5.41) is 11.6. The second-order valence-electron chi connectivity index (χ2n) is 3.47. The number of fused-ring (bicyclic) bond motifs is 3. The number of aromatic nitrogens is 2. The van der Waals surface area contributed by atoms with Crippen LogP contribution in [0.15, 0.2) is 23.4 Å². The van der Waals surface area contributed by atoms with Crippen LogP contribution in [0, 0.1) is 10.1 Å². The Labute approximate surface area is 94.9 Å². The minimum absolute atomic E-state index is 0.110. The molecule has 0 bridgehead atoms. The SMILES string of the molecule is O=[N+]([O-])c1ccc2nc3n(c2c1)CCNS3. The van der Waals surface area contributed by atoms with Gasteiger partial charge in [0, 0.05) is 25.2 Å². The molecule has 7 heteroatoms. The van der Waals surface area contributed by atoms with E-state index in [4.69, 9.17) is 0 Å². The fourth-order valence-electron chi connectivity index (χ4n) is 1.77. The first kappa shape index (κ1) is 9.61. The van der Waals surface area contributed by atoms with Crippen LogP contribution in [-0.4, -0.2) is 21.0 Å². The third kappa shape index (κ3) is 1.36. The molecular weight excluding hydrogens is 228 g/mol. The van der Waals surface area contributed by atoms with Crippen LogP contribution in [-0.2, 0) is 6.54 Å². The zero-order valence-electron chi connectivity index (χ0n) is 8.21. The summed E-state index contributed by atoms with van der Waals surface area (Å²) in [6.07, 6.45) is 0. The van der Waals surface area contributed by atoms with Crippen molar-refractivity contribution in [1.82, 2.24) is 14.3 Å². The molecule has 6 nitrogen and oxygen atoms in total. The van der Waals surface area contributed by atoms with Gasteiger partial charge in [0.25, 0.3) is 5.69 Å². The quantitative estimate of drug-likeness (QED) is 0.462. The Bertz CT molecular complexity index is 580. The summed E-state index contributed by atoms with van der Waals surface area (Å²) in [5.41, 5.74) is 1.74. The van der Waals surface area contributed by atoms with Crippen LogP contribution >= 0.6 is 11.9 Å². The van der Waals surface area contributed by atoms with E-state index in [1.54, 1.807) is 12.1 Å². The number of hydrogen-bond donors (Lipinski definition) is 1. The molecule has 1 N–H and O–H groups in total. The topological polar surface area (TPSA) is 73.0 Å². The first-order chi connectivity index (χ1) is 7.75. The van der Waals surface area contributed by atoms with Crippen LogP contribution in [0.4, 0.5) is 5.69 Å². The number of non-ortho nitro benzene ring substituents is 1. The summed E-state index contributed by atoms with van der Waals surface area (Å²) in [4.78, 5) is 14.7. The van der Waals surface area contributed by atoms with Crippen molar-refractivity contribution >= 4 is 28.7 Å². The molecule has 16 heavy (non-hydrogen) atoms. The largest absolute Gasteiger partial charge is 0.316 e. The average Bonchev–Trinajstić information content (AvgIpc) is 2.66. The number of hydrogen-bond acceptors (Lipinski definition) is 5. The maximum atomic E-state index is 10.7. The molecule has 82 valence electrons. The predicted octanol–water partition coefficient (Wildman–Crippen LogP) is 1.55. The van der Waals surface area contributed by atoms with Gasteiger partial charge in [-0.1, -0.05) is 0 Å². The molecule has 1 aromatic heterocycles. The van der Waals surface area contributed by atoms with E-state index < -0.39 is 0 Å².